The van der Waals surface area contributed by atoms with Crippen LogP contribution in [-0.4, -0.2) is 18.6 Å². The van der Waals surface area contributed by atoms with Gasteiger partial charge >= 0.3 is 0 Å². The van der Waals surface area contributed by atoms with Gasteiger partial charge in [-0.3, -0.25) is 0 Å². The van der Waals surface area contributed by atoms with Gasteiger partial charge in [0, 0.05) is 17.9 Å². The number of hydrogen-bond acceptors (Lipinski definition) is 1. The third-order valence-electron chi connectivity index (χ3n) is 2.90. The molecule has 1 fully saturated rings. The fraction of sp³-hybridized carbons (Fsp3) is 0.500. The minimum Gasteiger partial charge on any atom is -0.381 e. The lowest BCUT2D eigenvalue weighted by atomic mass is 9.94. The topological polar surface area (TPSA) is 9.23 Å². The van der Waals surface area contributed by atoms with Crippen LogP contribution in [0.25, 0.3) is 0 Å². The third kappa shape index (κ3) is 2.76. The van der Waals surface area contributed by atoms with Crippen molar-refractivity contribution in [3.05, 3.63) is 34.1 Å². The number of ether oxygens (including phenoxy) is 1. The van der Waals surface area contributed by atoms with Gasteiger partial charge in [-0.15, -0.1) is 11.6 Å². The predicted molar refractivity (Wildman–Crippen MR) is 66.4 cm³/mol. The summed E-state index contributed by atoms with van der Waals surface area (Å²) in [6, 6.07) is 5.09. The Labute approximate surface area is 108 Å². The predicted octanol–water partition coefficient (Wildman–Crippen LogP) is 3.77. The van der Waals surface area contributed by atoms with E-state index in [1.807, 2.05) is 6.07 Å². The van der Waals surface area contributed by atoms with Crippen molar-refractivity contribution in [3.8, 4) is 0 Å². The van der Waals surface area contributed by atoms with Gasteiger partial charge in [0.05, 0.1) is 11.1 Å². The first kappa shape index (κ1) is 12.3. The molecule has 0 saturated carbocycles. The van der Waals surface area contributed by atoms with Crippen LogP contribution < -0.4 is 0 Å². The van der Waals surface area contributed by atoms with E-state index in [4.69, 9.17) is 16.3 Å². The average Bonchev–Trinajstić information content (AvgIpc) is 2.28. The molecule has 1 aromatic carbocycles. The van der Waals surface area contributed by atoms with E-state index in [1.165, 1.54) is 6.07 Å². The van der Waals surface area contributed by atoms with Gasteiger partial charge in [-0.2, -0.15) is 0 Å². The van der Waals surface area contributed by atoms with Gasteiger partial charge in [-0.25, -0.2) is 4.39 Å². The third-order valence-corrected chi connectivity index (χ3v) is 4.36. The molecule has 0 amide bonds. The van der Waals surface area contributed by atoms with E-state index >= 15 is 0 Å². The maximum atomic E-state index is 13.3. The highest BCUT2D eigenvalue weighted by Gasteiger charge is 2.24. The Morgan fingerprint density at radius 1 is 1.50 bits per heavy atom. The summed E-state index contributed by atoms with van der Waals surface area (Å²) in [6.45, 7) is 1.39. The van der Waals surface area contributed by atoms with E-state index in [0.717, 1.165) is 25.0 Å². The van der Waals surface area contributed by atoms with Crippen molar-refractivity contribution in [2.45, 2.75) is 18.2 Å². The van der Waals surface area contributed by atoms with Crippen molar-refractivity contribution in [2.24, 2.45) is 5.92 Å². The standard InChI is InChI=1S/C12H13BrClFO/c13-12-8(2-1-3-11(12)15)6-9-7-16-5-4-10(9)14/h1-3,9-10H,4-7H2. The van der Waals surface area contributed by atoms with Crippen LogP contribution in [0, 0.1) is 11.7 Å². The van der Waals surface area contributed by atoms with Crippen LogP contribution in [0.15, 0.2) is 22.7 Å². The average molecular weight is 308 g/mol. The number of hydrogen-bond donors (Lipinski definition) is 0. The normalized spacial score (nSPS) is 25.7. The molecule has 1 aliphatic rings. The molecule has 4 heteroatoms. The second-order valence-corrected chi connectivity index (χ2v) is 5.41. The van der Waals surface area contributed by atoms with Crippen LogP contribution >= 0.6 is 27.5 Å². The van der Waals surface area contributed by atoms with Gasteiger partial charge in [0.2, 0.25) is 0 Å². The molecule has 1 aliphatic heterocycles. The van der Waals surface area contributed by atoms with Crippen molar-refractivity contribution >= 4 is 27.5 Å². The second kappa shape index (κ2) is 5.48. The summed E-state index contributed by atoms with van der Waals surface area (Å²) in [4.78, 5) is 0. The van der Waals surface area contributed by atoms with Gasteiger partial charge in [0.15, 0.2) is 0 Å². The van der Waals surface area contributed by atoms with E-state index in [9.17, 15) is 4.39 Å². The second-order valence-electron chi connectivity index (χ2n) is 4.06. The van der Waals surface area contributed by atoms with Crippen molar-refractivity contribution in [1.82, 2.24) is 0 Å². The van der Waals surface area contributed by atoms with Gasteiger partial charge in [0.25, 0.3) is 0 Å². The van der Waals surface area contributed by atoms with Gasteiger partial charge in [-0.1, -0.05) is 12.1 Å². The molecule has 0 radical (unpaired) electrons. The van der Waals surface area contributed by atoms with E-state index in [-0.39, 0.29) is 17.1 Å². The molecule has 1 aromatic rings. The molecular weight excluding hydrogens is 294 g/mol. The highest BCUT2D eigenvalue weighted by atomic mass is 79.9. The first-order valence-corrected chi connectivity index (χ1v) is 6.56. The monoisotopic (exact) mass is 306 g/mol. The number of alkyl halides is 1. The van der Waals surface area contributed by atoms with Gasteiger partial charge in [-0.05, 0) is 40.4 Å². The summed E-state index contributed by atoms with van der Waals surface area (Å²) in [5, 5.41) is 0.129. The van der Waals surface area contributed by atoms with E-state index < -0.39 is 0 Å². The Bertz CT molecular complexity index is 372. The van der Waals surface area contributed by atoms with E-state index in [0.29, 0.717) is 11.1 Å². The Kier molecular flexibility index (Phi) is 4.22. The molecule has 1 nitrogen and oxygen atoms in total. The van der Waals surface area contributed by atoms with Crippen LogP contribution in [0.4, 0.5) is 4.39 Å². The first-order valence-electron chi connectivity index (χ1n) is 5.33. The Morgan fingerprint density at radius 2 is 2.31 bits per heavy atom. The molecule has 2 rings (SSSR count). The molecule has 0 aliphatic carbocycles. The minimum atomic E-state index is -0.222. The van der Waals surface area contributed by atoms with Crippen LogP contribution in [-0.2, 0) is 11.2 Å². The summed E-state index contributed by atoms with van der Waals surface area (Å²) in [7, 11) is 0. The Balaban J connectivity index is 2.10. The molecule has 0 spiro atoms. The lowest BCUT2D eigenvalue weighted by Gasteiger charge is -2.27. The summed E-state index contributed by atoms with van der Waals surface area (Å²) in [6.07, 6.45) is 1.63. The zero-order valence-corrected chi connectivity index (χ0v) is 11.1. The van der Waals surface area contributed by atoms with Crippen molar-refractivity contribution in [3.63, 3.8) is 0 Å². The lowest BCUT2D eigenvalue weighted by molar-refractivity contribution is 0.0577. The largest absolute Gasteiger partial charge is 0.381 e. The quantitative estimate of drug-likeness (QED) is 0.756. The fourth-order valence-corrected chi connectivity index (χ4v) is 2.62. The molecule has 2 unspecified atom stereocenters. The SMILES string of the molecule is Fc1cccc(CC2COCCC2Cl)c1Br. The zero-order chi connectivity index (χ0) is 11.5. The van der Waals surface area contributed by atoms with Crippen LogP contribution in [0.5, 0.6) is 0 Å². The highest BCUT2D eigenvalue weighted by Crippen LogP contribution is 2.28. The fourth-order valence-electron chi connectivity index (χ4n) is 1.95. The highest BCUT2D eigenvalue weighted by molar-refractivity contribution is 9.10. The van der Waals surface area contributed by atoms with Crippen molar-refractivity contribution in [1.29, 1.82) is 0 Å². The number of halogens is 3. The first-order chi connectivity index (χ1) is 7.68. The molecule has 2 atom stereocenters. The van der Waals surface area contributed by atoms with Crippen LogP contribution in [0.3, 0.4) is 0 Å². The van der Waals surface area contributed by atoms with E-state index in [2.05, 4.69) is 15.9 Å². The summed E-state index contributed by atoms with van der Waals surface area (Å²) < 4.78 is 19.3. The van der Waals surface area contributed by atoms with Crippen molar-refractivity contribution < 1.29 is 9.13 Å². The molecule has 1 heterocycles. The maximum Gasteiger partial charge on any atom is 0.137 e. The summed E-state index contributed by atoms with van der Waals surface area (Å²) in [5.74, 6) is 0.0499. The molecule has 16 heavy (non-hydrogen) atoms. The van der Waals surface area contributed by atoms with Crippen LogP contribution in [0.1, 0.15) is 12.0 Å². The number of rotatable bonds is 2. The lowest BCUT2D eigenvalue weighted by Crippen LogP contribution is -2.29. The molecule has 0 bridgehead atoms. The molecule has 88 valence electrons. The van der Waals surface area contributed by atoms with Gasteiger partial charge in [0.1, 0.15) is 5.82 Å². The van der Waals surface area contributed by atoms with E-state index in [1.54, 1.807) is 6.07 Å². The smallest absolute Gasteiger partial charge is 0.137 e. The molecular formula is C12H13BrClFO. The number of benzene rings is 1. The molecule has 0 aromatic heterocycles. The van der Waals surface area contributed by atoms with Gasteiger partial charge < -0.3 is 4.74 Å². The Morgan fingerprint density at radius 3 is 3.06 bits per heavy atom. The van der Waals surface area contributed by atoms with Crippen molar-refractivity contribution in [2.75, 3.05) is 13.2 Å². The summed E-state index contributed by atoms with van der Waals surface area (Å²) >= 11 is 9.50. The van der Waals surface area contributed by atoms with Crippen LogP contribution in [0.2, 0.25) is 0 Å². The molecule has 0 N–H and O–H groups in total. The zero-order valence-electron chi connectivity index (χ0n) is 8.76. The molecule has 1 saturated heterocycles. The maximum absolute atomic E-state index is 13.3. The minimum absolute atomic E-state index is 0.129. The Hall–Kier alpha value is -0.120. The summed E-state index contributed by atoms with van der Waals surface area (Å²) in [5.41, 5.74) is 0.959.